The fourth-order valence-corrected chi connectivity index (χ4v) is 2.53. The fraction of sp³-hybridized carbons (Fsp3) is 0.529. The lowest BCUT2D eigenvalue weighted by molar-refractivity contribution is -0.129. The number of rotatable bonds is 2. The maximum atomic E-state index is 12.1. The second kappa shape index (κ2) is 5.88. The van der Waals surface area contributed by atoms with Gasteiger partial charge in [0.25, 0.3) is 0 Å². The highest BCUT2D eigenvalue weighted by molar-refractivity contribution is 5.89. The molecule has 0 heterocycles. The molecule has 21 heavy (non-hydrogen) atoms. The van der Waals surface area contributed by atoms with Crippen molar-refractivity contribution in [3.8, 4) is 0 Å². The quantitative estimate of drug-likeness (QED) is 0.851. The summed E-state index contributed by atoms with van der Waals surface area (Å²) in [5.74, 6) is -0.251. The maximum absolute atomic E-state index is 12.1. The fourth-order valence-electron chi connectivity index (χ4n) is 2.53. The van der Waals surface area contributed by atoms with Gasteiger partial charge in [0.05, 0.1) is 12.7 Å². The summed E-state index contributed by atoms with van der Waals surface area (Å²) >= 11 is 0. The third kappa shape index (κ3) is 3.63. The molecule has 0 fully saturated rings. The molecule has 1 aromatic carbocycles. The predicted molar refractivity (Wildman–Crippen MR) is 81.2 cm³/mol. The van der Waals surface area contributed by atoms with Crippen LogP contribution in [0.2, 0.25) is 0 Å². The van der Waals surface area contributed by atoms with Gasteiger partial charge in [-0.25, -0.2) is 4.79 Å². The first-order valence-corrected chi connectivity index (χ1v) is 7.32. The van der Waals surface area contributed by atoms with Crippen LogP contribution in [0.25, 0.3) is 0 Å². The molecular weight excluding hydrogens is 266 g/mol. The molecule has 1 atom stereocenters. The molecule has 0 aliphatic heterocycles. The smallest absolute Gasteiger partial charge is 0.337 e. The Kier molecular flexibility index (Phi) is 4.35. The van der Waals surface area contributed by atoms with Crippen molar-refractivity contribution in [2.75, 3.05) is 7.11 Å². The monoisotopic (exact) mass is 289 g/mol. The average molecular weight is 289 g/mol. The molecular formula is C17H23NO3. The van der Waals surface area contributed by atoms with Crippen molar-refractivity contribution in [3.63, 3.8) is 0 Å². The first-order valence-electron chi connectivity index (χ1n) is 7.32. The summed E-state index contributed by atoms with van der Waals surface area (Å²) in [7, 11) is 1.38. The number of hydrogen-bond acceptors (Lipinski definition) is 3. The third-order valence-corrected chi connectivity index (χ3v) is 3.87. The van der Waals surface area contributed by atoms with Gasteiger partial charge in [0, 0.05) is 11.5 Å². The Bertz CT molecular complexity index is 558. The van der Waals surface area contributed by atoms with Crippen molar-refractivity contribution in [2.45, 2.75) is 46.1 Å². The number of carbonyl (C=O) groups is 2. The lowest BCUT2D eigenvalue weighted by Gasteiger charge is -2.28. The number of esters is 1. The summed E-state index contributed by atoms with van der Waals surface area (Å²) in [5.41, 5.74) is 2.57. The Labute approximate surface area is 125 Å². The number of fused-ring (bicyclic) bond motifs is 1. The van der Waals surface area contributed by atoms with E-state index < -0.39 is 0 Å². The van der Waals surface area contributed by atoms with Crippen LogP contribution >= 0.6 is 0 Å². The van der Waals surface area contributed by atoms with Gasteiger partial charge in [0.1, 0.15) is 0 Å². The molecule has 0 bridgehead atoms. The van der Waals surface area contributed by atoms with Gasteiger partial charge in [-0.1, -0.05) is 26.8 Å². The summed E-state index contributed by atoms with van der Waals surface area (Å²) in [6, 6.07) is 5.82. The Morgan fingerprint density at radius 1 is 1.24 bits per heavy atom. The van der Waals surface area contributed by atoms with Crippen LogP contribution in [0.1, 0.15) is 48.7 Å². The molecule has 4 nitrogen and oxygen atoms in total. The van der Waals surface area contributed by atoms with Gasteiger partial charge in [-0.05, 0) is 42.5 Å². The van der Waals surface area contributed by atoms with E-state index in [4.69, 9.17) is 4.74 Å². The van der Waals surface area contributed by atoms with Crippen molar-refractivity contribution in [1.82, 2.24) is 5.32 Å². The van der Waals surface area contributed by atoms with Crippen molar-refractivity contribution in [3.05, 3.63) is 34.9 Å². The van der Waals surface area contributed by atoms with Gasteiger partial charge in [-0.2, -0.15) is 0 Å². The number of carbonyl (C=O) groups excluding carboxylic acids is 2. The molecule has 0 radical (unpaired) electrons. The topological polar surface area (TPSA) is 55.4 Å². The van der Waals surface area contributed by atoms with E-state index in [1.807, 2.05) is 32.9 Å². The lowest BCUT2D eigenvalue weighted by atomic mass is 9.86. The molecule has 0 spiro atoms. The molecule has 1 N–H and O–H groups in total. The Hall–Kier alpha value is -1.84. The minimum absolute atomic E-state index is 0.0695. The third-order valence-electron chi connectivity index (χ3n) is 3.87. The summed E-state index contributed by atoms with van der Waals surface area (Å²) in [6.45, 7) is 5.73. The first kappa shape index (κ1) is 15.5. The van der Waals surface area contributed by atoms with E-state index in [2.05, 4.69) is 5.32 Å². The number of hydrogen-bond donors (Lipinski definition) is 1. The van der Waals surface area contributed by atoms with Crippen LogP contribution in [-0.4, -0.2) is 25.0 Å². The van der Waals surface area contributed by atoms with E-state index in [0.717, 1.165) is 24.8 Å². The molecule has 1 amide bonds. The molecule has 4 heteroatoms. The van der Waals surface area contributed by atoms with Gasteiger partial charge in [-0.3, -0.25) is 4.79 Å². The molecule has 1 aliphatic rings. The maximum Gasteiger partial charge on any atom is 0.337 e. The van der Waals surface area contributed by atoms with Gasteiger partial charge in [0.15, 0.2) is 0 Å². The molecule has 0 aromatic heterocycles. The van der Waals surface area contributed by atoms with Gasteiger partial charge in [-0.15, -0.1) is 0 Å². The first-order chi connectivity index (χ1) is 9.81. The minimum atomic E-state index is -0.381. The van der Waals surface area contributed by atoms with Crippen molar-refractivity contribution in [2.24, 2.45) is 5.41 Å². The van der Waals surface area contributed by atoms with Crippen molar-refractivity contribution < 1.29 is 14.3 Å². The number of methoxy groups -OCH3 is 1. The standard InChI is InChI=1S/C17H23NO3/c1-17(2,3)16(20)18-14-8-7-11-5-6-12(15(19)21-4)9-13(11)10-14/h5-6,9,14H,7-8,10H2,1-4H3,(H,18,20)/t14-/m0/s1. The van der Waals surface area contributed by atoms with E-state index in [0.29, 0.717) is 5.56 Å². The number of amides is 1. The van der Waals surface area contributed by atoms with Gasteiger partial charge < -0.3 is 10.1 Å². The van der Waals surface area contributed by atoms with Crippen LogP contribution in [0.3, 0.4) is 0 Å². The Balaban J connectivity index is 2.12. The highest BCUT2D eigenvalue weighted by Gasteiger charge is 2.26. The van der Waals surface area contributed by atoms with Crippen LogP contribution in [0, 0.1) is 5.41 Å². The van der Waals surface area contributed by atoms with Crippen LogP contribution in [0.4, 0.5) is 0 Å². The Morgan fingerprint density at radius 2 is 1.95 bits per heavy atom. The van der Waals surface area contributed by atoms with Gasteiger partial charge >= 0.3 is 5.97 Å². The van der Waals surface area contributed by atoms with E-state index in [-0.39, 0.29) is 23.3 Å². The summed E-state index contributed by atoms with van der Waals surface area (Å²) in [5, 5.41) is 3.11. The summed E-state index contributed by atoms with van der Waals surface area (Å²) in [4.78, 5) is 23.7. The van der Waals surface area contributed by atoms with Crippen molar-refractivity contribution in [1.29, 1.82) is 0 Å². The van der Waals surface area contributed by atoms with E-state index >= 15 is 0 Å². The van der Waals surface area contributed by atoms with Crippen LogP contribution < -0.4 is 5.32 Å². The number of ether oxygens (including phenoxy) is 1. The average Bonchev–Trinajstić information content (AvgIpc) is 2.44. The number of benzene rings is 1. The molecule has 1 aliphatic carbocycles. The van der Waals surface area contributed by atoms with Crippen molar-refractivity contribution >= 4 is 11.9 Å². The molecule has 0 saturated heterocycles. The zero-order valence-corrected chi connectivity index (χ0v) is 13.2. The zero-order valence-electron chi connectivity index (χ0n) is 13.2. The summed E-state index contributed by atoms with van der Waals surface area (Å²) < 4.78 is 4.75. The lowest BCUT2D eigenvalue weighted by Crippen LogP contribution is -2.44. The highest BCUT2D eigenvalue weighted by atomic mass is 16.5. The second-order valence-electron chi connectivity index (χ2n) is 6.64. The van der Waals surface area contributed by atoms with E-state index in [1.165, 1.54) is 12.7 Å². The molecule has 0 saturated carbocycles. The second-order valence-corrected chi connectivity index (χ2v) is 6.64. The zero-order chi connectivity index (χ0) is 15.6. The van der Waals surface area contributed by atoms with Crippen LogP contribution in [0.5, 0.6) is 0 Å². The number of nitrogens with one attached hydrogen (secondary N) is 1. The highest BCUT2D eigenvalue weighted by Crippen LogP contribution is 2.24. The summed E-state index contributed by atoms with van der Waals surface area (Å²) in [6.07, 6.45) is 2.63. The Morgan fingerprint density at radius 3 is 2.57 bits per heavy atom. The molecule has 2 rings (SSSR count). The van der Waals surface area contributed by atoms with E-state index in [9.17, 15) is 9.59 Å². The van der Waals surface area contributed by atoms with Crippen LogP contribution in [0.15, 0.2) is 18.2 Å². The molecule has 0 unspecified atom stereocenters. The molecule has 114 valence electrons. The van der Waals surface area contributed by atoms with Crippen LogP contribution in [-0.2, 0) is 22.4 Å². The predicted octanol–water partition coefficient (Wildman–Crippen LogP) is 2.49. The van der Waals surface area contributed by atoms with E-state index in [1.54, 1.807) is 6.07 Å². The number of aryl methyl sites for hydroxylation is 1. The SMILES string of the molecule is COC(=O)c1ccc2c(c1)C[C@@H](NC(=O)C(C)(C)C)CC2. The minimum Gasteiger partial charge on any atom is -0.465 e. The molecule has 1 aromatic rings. The normalized spacial score (nSPS) is 17.8. The van der Waals surface area contributed by atoms with Gasteiger partial charge in [0.2, 0.25) is 5.91 Å². The largest absolute Gasteiger partial charge is 0.465 e.